The van der Waals surface area contributed by atoms with Gasteiger partial charge in [0.25, 0.3) is 0 Å². The zero-order chi connectivity index (χ0) is 16.4. The van der Waals surface area contributed by atoms with Crippen LogP contribution in [0, 0.1) is 0 Å². The molecule has 1 rings (SSSR count). The number of nitrogens with one attached hydrogen (secondary N) is 1. The zero-order valence-corrected chi connectivity index (χ0v) is 13.4. The SMILES string of the molecule is CCOc1ccccc1OCCCC(=O)NCC(=O)N(C)C. The van der Waals surface area contributed by atoms with E-state index in [0.717, 1.165) is 0 Å². The van der Waals surface area contributed by atoms with Gasteiger partial charge in [-0.05, 0) is 25.5 Å². The predicted molar refractivity (Wildman–Crippen MR) is 84.0 cm³/mol. The Bertz CT molecular complexity index is 489. The molecule has 1 aromatic rings. The van der Waals surface area contributed by atoms with Crippen LogP contribution < -0.4 is 14.8 Å². The van der Waals surface area contributed by atoms with E-state index in [1.54, 1.807) is 14.1 Å². The summed E-state index contributed by atoms with van der Waals surface area (Å²) in [5, 5.41) is 2.58. The second-order valence-electron chi connectivity index (χ2n) is 4.90. The van der Waals surface area contributed by atoms with E-state index in [-0.39, 0.29) is 18.4 Å². The lowest BCUT2D eigenvalue weighted by molar-refractivity contribution is -0.130. The van der Waals surface area contributed by atoms with E-state index in [1.165, 1.54) is 4.90 Å². The Labute approximate surface area is 131 Å². The highest BCUT2D eigenvalue weighted by Crippen LogP contribution is 2.26. The van der Waals surface area contributed by atoms with Crippen molar-refractivity contribution < 1.29 is 19.1 Å². The third kappa shape index (κ3) is 6.47. The van der Waals surface area contributed by atoms with Crippen LogP contribution >= 0.6 is 0 Å². The molecular weight excluding hydrogens is 284 g/mol. The number of ether oxygens (including phenoxy) is 2. The lowest BCUT2D eigenvalue weighted by atomic mass is 10.3. The number of nitrogens with zero attached hydrogens (tertiary/aromatic N) is 1. The summed E-state index contributed by atoms with van der Waals surface area (Å²) in [5.74, 6) is 1.09. The van der Waals surface area contributed by atoms with Gasteiger partial charge in [-0.3, -0.25) is 9.59 Å². The van der Waals surface area contributed by atoms with Crippen molar-refractivity contribution in [3.05, 3.63) is 24.3 Å². The first-order valence-corrected chi connectivity index (χ1v) is 7.36. The third-order valence-electron chi connectivity index (χ3n) is 2.89. The fourth-order valence-electron chi connectivity index (χ4n) is 1.68. The Hall–Kier alpha value is -2.24. The summed E-state index contributed by atoms with van der Waals surface area (Å²) < 4.78 is 11.1. The maximum Gasteiger partial charge on any atom is 0.241 e. The Morgan fingerprint density at radius 3 is 2.36 bits per heavy atom. The van der Waals surface area contributed by atoms with E-state index in [2.05, 4.69) is 5.32 Å². The molecule has 0 aromatic heterocycles. The van der Waals surface area contributed by atoms with Crippen molar-refractivity contribution in [1.82, 2.24) is 10.2 Å². The summed E-state index contributed by atoms with van der Waals surface area (Å²) in [5.41, 5.74) is 0. The number of carbonyl (C=O) groups is 2. The molecule has 0 spiro atoms. The highest BCUT2D eigenvalue weighted by Gasteiger charge is 2.07. The first-order valence-electron chi connectivity index (χ1n) is 7.36. The van der Waals surface area contributed by atoms with E-state index in [4.69, 9.17) is 9.47 Å². The van der Waals surface area contributed by atoms with Crippen LogP contribution in [0.25, 0.3) is 0 Å². The number of likely N-dealkylation sites (N-methyl/N-ethyl adjacent to an activating group) is 1. The Morgan fingerprint density at radius 2 is 1.77 bits per heavy atom. The molecule has 0 heterocycles. The van der Waals surface area contributed by atoms with Gasteiger partial charge < -0.3 is 19.7 Å². The number of carbonyl (C=O) groups excluding carboxylic acids is 2. The maximum absolute atomic E-state index is 11.6. The number of hydrogen-bond donors (Lipinski definition) is 1. The van der Waals surface area contributed by atoms with Gasteiger partial charge in [0, 0.05) is 20.5 Å². The van der Waals surface area contributed by atoms with Crippen LogP contribution in [0.3, 0.4) is 0 Å². The molecule has 0 saturated carbocycles. The average molecular weight is 308 g/mol. The minimum absolute atomic E-state index is 0.0276. The summed E-state index contributed by atoms with van der Waals surface area (Å²) in [6.07, 6.45) is 0.889. The normalized spacial score (nSPS) is 9.95. The van der Waals surface area contributed by atoms with E-state index in [1.807, 2.05) is 31.2 Å². The summed E-state index contributed by atoms with van der Waals surface area (Å²) in [6.45, 7) is 2.93. The lowest BCUT2D eigenvalue weighted by Crippen LogP contribution is -2.36. The highest BCUT2D eigenvalue weighted by atomic mass is 16.5. The molecular formula is C16H24N2O4. The minimum atomic E-state index is -0.156. The van der Waals surface area contributed by atoms with E-state index in [9.17, 15) is 9.59 Å². The molecule has 1 aromatic carbocycles. The Kier molecular flexibility index (Phi) is 7.81. The number of amides is 2. The second-order valence-corrected chi connectivity index (χ2v) is 4.90. The van der Waals surface area contributed by atoms with Crippen molar-refractivity contribution in [3.8, 4) is 11.5 Å². The van der Waals surface area contributed by atoms with Crippen LogP contribution in [-0.4, -0.2) is 50.6 Å². The van der Waals surface area contributed by atoms with Gasteiger partial charge in [0.15, 0.2) is 11.5 Å². The number of para-hydroxylation sites is 2. The molecule has 0 bridgehead atoms. The van der Waals surface area contributed by atoms with Crippen LogP contribution in [0.4, 0.5) is 0 Å². The second kappa shape index (κ2) is 9.65. The van der Waals surface area contributed by atoms with Gasteiger partial charge in [0.05, 0.1) is 19.8 Å². The van der Waals surface area contributed by atoms with Crippen molar-refractivity contribution in [2.75, 3.05) is 33.9 Å². The largest absolute Gasteiger partial charge is 0.490 e. The molecule has 122 valence electrons. The van der Waals surface area contributed by atoms with E-state index < -0.39 is 0 Å². The molecule has 0 aliphatic carbocycles. The topological polar surface area (TPSA) is 67.9 Å². The number of hydrogen-bond acceptors (Lipinski definition) is 4. The quantitative estimate of drug-likeness (QED) is 0.701. The Balaban J connectivity index is 2.25. The van der Waals surface area contributed by atoms with Gasteiger partial charge in [-0.1, -0.05) is 12.1 Å². The van der Waals surface area contributed by atoms with Crippen LogP contribution in [-0.2, 0) is 9.59 Å². The molecule has 0 atom stereocenters. The van der Waals surface area contributed by atoms with Crippen molar-refractivity contribution in [3.63, 3.8) is 0 Å². The predicted octanol–water partition coefficient (Wildman–Crippen LogP) is 1.45. The lowest BCUT2D eigenvalue weighted by Gasteiger charge is -2.12. The van der Waals surface area contributed by atoms with Crippen LogP contribution in [0.5, 0.6) is 11.5 Å². The van der Waals surface area contributed by atoms with Gasteiger partial charge in [-0.15, -0.1) is 0 Å². The van der Waals surface area contributed by atoms with Crippen LogP contribution in [0.15, 0.2) is 24.3 Å². The standard InChI is InChI=1S/C16H24N2O4/c1-4-21-13-8-5-6-9-14(13)22-11-7-10-15(19)17-12-16(20)18(2)3/h5-6,8-9H,4,7,10-12H2,1-3H3,(H,17,19). The molecule has 2 amide bonds. The number of rotatable bonds is 9. The van der Waals surface area contributed by atoms with Gasteiger partial charge in [0.2, 0.25) is 11.8 Å². The molecule has 6 nitrogen and oxygen atoms in total. The van der Waals surface area contributed by atoms with Crippen molar-refractivity contribution in [1.29, 1.82) is 0 Å². The van der Waals surface area contributed by atoms with Crippen LogP contribution in [0.2, 0.25) is 0 Å². The molecule has 0 unspecified atom stereocenters. The van der Waals surface area contributed by atoms with E-state index in [0.29, 0.717) is 37.6 Å². The maximum atomic E-state index is 11.6. The van der Waals surface area contributed by atoms with E-state index >= 15 is 0 Å². The van der Waals surface area contributed by atoms with Crippen molar-refractivity contribution >= 4 is 11.8 Å². The highest BCUT2D eigenvalue weighted by molar-refractivity contribution is 5.84. The summed E-state index contributed by atoms with van der Waals surface area (Å²) >= 11 is 0. The first-order chi connectivity index (χ1) is 10.5. The molecule has 0 saturated heterocycles. The Morgan fingerprint density at radius 1 is 1.14 bits per heavy atom. The van der Waals surface area contributed by atoms with Crippen LogP contribution in [0.1, 0.15) is 19.8 Å². The molecule has 6 heteroatoms. The summed E-state index contributed by atoms with van der Waals surface area (Å²) in [4.78, 5) is 24.4. The van der Waals surface area contributed by atoms with Gasteiger partial charge >= 0.3 is 0 Å². The summed E-state index contributed by atoms with van der Waals surface area (Å²) in [6, 6.07) is 7.43. The molecule has 22 heavy (non-hydrogen) atoms. The number of benzene rings is 1. The monoisotopic (exact) mass is 308 g/mol. The molecule has 0 fully saturated rings. The van der Waals surface area contributed by atoms with Crippen molar-refractivity contribution in [2.24, 2.45) is 0 Å². The third-order valence-corrected chi connectivity index (χ3v) is 2.89. The first kappa shape index (κ1) is 17.8. The average Bonchev–Trinajstić information content (AvgIpc) is 2.50. The van der Waals surface area contributed by atoms with Gasteiger partial charge in [0.1, 0.15) is 0 Å². The van der Waals surface area contributed by atoms with Crippen molar-refractivity contribution in [2.45, 2.75) is 19.8 Å². The molecule has 0 aliphatic rings. The fraction of sp³-hybridized carbons (Fsp3) is 0.500. The smallest absolute Gasteiger partial charge is 0.241 e. The molecule has 0 aliphatic heterocycles. The zero-order valence-electron chi connectivity index (χ0n) is 13.4. The summed E-state index contributed by atoms with van der Waals surface area (Å²) in [7, 11) is 3.30. The minimum Gasteiger partial charge on any atom is -0.490 e. The van der Waals surface area contributed by atoms with Gasteiger partial charge in [-0.2, -0.15) is 0 Å². The van der Waals surface area contributed by atoms with Gasteiger partial charge in [-0.25, -0.2) is 0 Å². The molecule has 0 radical (unpaired) electrons. The molecule has 1 N–H and O–H groups in total. The fourth-order valence-corrected chi connectivity index (χ4v) is 1.68.